The van der Waals surface area contributed by atoms with Crippen LogP contribution >= 0.6 is 22.7 Å². The lowest BCUT2D eigenvalue weighted by Gasteiger charge is -2.07. The Labute approximate surface area is 155 Å². The molecule has 0 spiro atoms. The van der Waals surface area contributed by atoms with E-state index in [9.17, 15) is 4.79 Å². The van der Waals surface area contributed by atoms with E-state index >= 15 is 0 Å². The number of nitrogens with one attached hydrogen (secondary N) is 1. The number of ether oxygens (including phenoxy) is 1. The zero-order valence-corrected chi connectivity index (χ0v) is 15.9. The number of thiazole rings is 1. The van der Waals surface area contributed by atoms with Crippen molar-refractivity contribution in [2.24, 2.45) is 0 Å². The van der Waals surface area contributed by atoms with Gasteiger partial charge in [-0.25, -0.2) is 4.98 Å². The quantitative estimate of drug-likeness (QED) is 0.667. The second-order valence-electron chi connectivity index (χ2n) is 5.58. The molecule has 3 rings (SSSR count). The molecule has 25 heavy (non-hydrogen) atoms. The van der Waals surface area contributed by atoms with Gasteiger partial charge in [0.25, 0.3) is 5.91 Å². The van der Waals surface area contributed by atoms with Gasteiger partial charge in [-0.3, -0.25) is 4.79 Å². The van der Waals surface area contributed by atoms with Crippen molar-refractivity contribution >= 4 is 28.6 Å². The molecule has 1 amide bonds. The molecule has 6 heteroatoms. The molecule has 0 fully saturated rings. The first-order chi connectivity index (χ1) is 12.1. The minimum absolute atomic E-state index is 0.0245. The summed E-state index contributed by atoms with van der Waals surface area (Å²) in [4.78, 5) is 18.7. The Morgan fingerprint density at radius 2 is 2.16 bits per heavy atom. The number of amides is 1. The number of hydrogen-bond acceptors (Lipinski definition) is 5. The lowest BCUT2D eigenvalue weighted by atomic mass is 10.2. The van der Waals surface area contributed by atoms with Crippen molar-refractivity contribution in [3.8, 4) is 16.3 Å². The van der Waals surface area contributed by atoms with Gasteiger partial charge in [0.05, 0.1) is 22.1 Å². The van der Waals surface area contributed by atoms with E-state index in [1.54, 1.807) is 22.7 Å². The first kappa shape index (κ1) is 17.6. The topological polar surface area (TPSA) is 51.2 Å². The molecule has 0 atom stereocenters. The fraction of sp³-hybridized carbons (Fsp3) is 0.263. The van der Waals surface area contributed by atoms with Gasteiger partial charge >= 0.3 is 0 Å². The first-order valence-electron chi connectivity index (χ1n) is 8.13. The second kappa shape index (κ2) is 8.27. The van der Waals surface area contributed by atoms with Crippen LogP contribution in [0.2, 0.25) is 0 Å². The zero-order chi connectivity index (χ0) is 17.6. The fourth-order valence-corrected chi connectivity index (χ4v) is 3.92. The SMILES string of the molecule is CCc1cccc(OCC(=O)NCc2ccc(-c3csc(C)n3)s2)c1. The summed E-state index contributed by atoms with van der Waals surface area (Å²) in [6, 6.07) is 11.9. The molecule has 0 saturated carbocycles. The van der Waals surface area contributed by atoms with Gasteiger partial charge in [-0.05, 0) is 43.2 Å². The van der Waals surface area contributed by atoms with Crippen LogP contribution in [0.15, 0.2) is 41.8 Å². The standard InChI is InChI=1S/C19H20N2O2S2/c1-3-14-5-4-6-15(9-14)23-11-19(22)20-10-16-7-8-18(25-16)17-12-24-13(2)21-17/h4-9,12H,3,10-11H2,1-2H3,(H,20,22). The monoisotopic (exact) mass is 372 g/mol. The highest BCUT2D eigenvalue weighted by Gasteiger charge is 2.08. The van der Waals surface area contributed by atoms with E-state index in [1.807, 2.05) is 43.3 Å². The number of hydrogen-bond donors (Lipinski definition) is 1. The largest absolute Gasteiger partial charge is 0.484 e. The number of rotatable bonds is 7. The fourth-order valence-electron chi connectivity index (χ4n) is 2.33. The Morgan fingerprint density at radius 1 is 1.28 bits per heavy atom. The van der Waals surface area contributed by atoms with Gasteiger partial charge in [0.1, 0.15) is 5.75 Å². The molecule has 0 unspecified atom stereocenters. The number of aromatic nitrogens is 1. The van der Waals surface area contributed by atoms with Crippen molar-refractivity contribution < 1.29 is 9.53 Å². The van der Waals surface area contributed by atoms with Crippen molar-refractivity contribution in [2.75, 3.05) is 6.61 Å². The summed E-state index contributed by atoms with van der Waals surface area (Å²) in [5, 5.41) is 6.01. The van der Waals surface area contributed by atoms with Crippen molar-refractivity contribution in [2.45, 2.75) is 26.8 Å². The third-order valence-corrected chi connectivity index (χ3v) is 5.55. The number of carbonyl (C=O) groups is 1. The van der Waals surface area contributed by atoms with E-state index in [0.29, 0.717) is 6.54 Å². The van der Waals surface area contributed by atoms with Gasteiger partial charge < -0.3 is 10.1 Å². The van der Waals surface area contributed by atoms with Crippen LogP contribution in [0.4, 0.5) is 0 Å². The predicted molar refractivity (Wildman–Crippen MR) is 103 cm³/mol. The van der Waals surface area contributed by atoms with Gasteiger partial charge in [0, 0.05) is 10.3 Å². The van der Waals surface area contributed by atoms with Crippen LogP contribution in [0.3, 0.4) is 0 Å². The number of aryl methyl sites for hydroxylation is 2. The minimum Gasteiger partial charge on any atom is -0.484 e. The number of benzene rings is 1. The smallest absolute Gasteiger partial charge is 0.258 e. The van der Waals surface area contributed by atoms with Gasteiger partial charge in [-0.15, -0.1) is 22.7 Å². The molecule has 0 bridgehead atoms. The summed E-state index contributed by atoms with van der Waals surface area (Å²) < 4.78 is 5.56. The van der Waals surface area contributed by atoms with Gasteiger partial charge in [-0.2, -0.15) is 0 Å². The van der Waals surface area contributed by atoms with E-state index in [4.69, 9.17) is 4.74 Å². The first-order valence-corrected chi connectivity index (χ1v) is 9.83. The Bertz CT molecular complexity index is 854. The van der Waals surface area contributed by atoms with Gasteiger partial charge in [-0.1, -0.05) is 19.1 Å². The van der Waals surface area contributed by atoms with Crippen molar-refractivity contribution in [3.05, 3.63) is 57.2 Å². The summed E-state index contributed by atoms with van der Waals surface area (Å²) in [5.74, 6) is 0.605. The third kappa shape index (κ3) is 4.90. The molecule has 0 aliphatic rings. The van der Waals surface area contributed by atoms with Crippen LogP contribution in [0, 0.1) is 6.92 Å². The van der Waals surface area contributed by atoms with Crippen LogP contribution in [-0.4, -0.2) is 17.5 Å². The maximum Gasteiger partial charge on any atom is 0.258 e. The molecule has 1 aromatic carbocycles. The van der Waals surface area contributed by atoms with Gasteiger partial charge in [0.2, 0.25) is 0 Å². The molecule has 0 saturated heterocycles. The van der Waals surface area contributed by atoms with E-state index in [-0.39, 0.29) is 12.5 Å². The van der Waals surface area contributed by atoms with Crippen molar-refractivity contribution in [3.63, 3.8) is 0 Å². The van der Waals surface area contributed by atoms with Crippen molar-refractivity contribution in [1.29, 1.82) is 0 Å². The molecule has 0 radical (unpaired) electrons. The van der Waals surface area contributed by atoms with E-state index in [2.05, 4.69) is 22.6 Å². The van der Waals surface area contributed by atoms with Gasteiger partial charge in [0.15, 0.2) is 6.61 Å². The highest BCUT2D eigenvalue weighted by Crippen LogP contribution is 2.28. The average molecular weight is 373 g/mol. The molecule has 4 nitrogen and oxygen atoms in total. The Kier molecular flexibility index (Phi) is 5.83. The normalized spacial score (nSPS) is 10.6. The maximum absolute atomic E-state index is 12.0. The molecular formula is C19H20N2O2S2. The Hall–Kier alpha value is -2.18. The van der Waals surface area contributed by atoms with Crippen LogP contribution in [0.5, 0.6) is 5.75 Å². The summed E-state index contributed by atoms with van der Waals surface area (Å²) in [5.41, 5.74) is 2.20. The molecule has 130 valence electrons. The second-order valence-corrected chi connectivity index (χ2v) is 7.81. The van der Waals surface area contributed by atoms with Crippen LogP contribution in [0.25, 0.3) is 10.6 Å². The maximum atomic E-state index is 12.0. The average Bonchev–Trinajstić information content (AvgIpc) is 3.27. The van der Waals surface area contributed by atoms with Crippen LogP contribution < -0.4 is 10.1 Å². The van der Waals surface area contributed by atoms with Crippen LogP contribution in [-0.2, 0) is 17.8 Å². The van der Waals surface area contributed by atoms with E-state index in [1.165, 1.54) is 5.56 Å². The highest BCUT2D eigenvalue weighted by molar-refractivity contribution is 7.16. The lowest BCUT2D eigenvalue weighted by Crippen LogP contribution is -2.28. The van der Waals surface area contributed by atoms with E-state index in [0.717, 1.165) is 32.6 Å². The number of thiophene rings is 1. The van der Waals surface area contributed by atoms with Crippen LogP contribution in [0.1, 0.15) is 22.4 Å². The summed E-state index contributed by atoms with van der Waals surface area (Å²) in [7, 11) is 0. The molecule has 2 heterocycles. The lowest BCUT2D eigenvalue weighted by molar-refractivity contribution is -0.123. The Balaban J connectivity index is 1.48. The molecule has 1 N–H and O–H groups in total. The highest BCUT2D eigenvalue weighted by atomic mass is 32.1. The molecule has 3 aromatic rings. The summed E-state index contributed by atoms with van der Waals surface area (Å²) in [6.07, 6.45) is 0.947. The number of carbonyl (C=O) groups excluding carboxylic acids is 1. The molecular weight excluding hydrogens is 352 g/mol. The number of nitrogens with zero attached hydrogens (tertiary/aromatic N) is 1. The van der Waals surface area contributed by atoms with Crippen molar-refractivity contribution in [1.82, 2.24) is 10.3 Å². The zero-order valence-electron chi connectivity index (χ0n) is 14.2. The summed E-state index contributed by atoms with van der Waals surface area (Å²) >= 11 is 3.29. The molecule has 0 aliphatic carbocycles. The Morgan fingerprint density at radius 3 is 2.92 bits per heavy atom. The third-order valence-electron chi connectivity index (χ3n) is 3.67. The van der Waals surface area contributed by atoms with E-state index < -0.39 is 0 Å². The predicted octanol–water partition coefficient (Wildman–Crippen LogP) is 4.44. The molecule has 0 aliphatic heterocycles. The molecule has 2 aromatic heterocycles. The summed E-state index contributed by atoms with van der Waals surface area (Å²) in [6.45, 7) is 4.62. The minimum atomic E-state index is -0.124.